The van der Waals surface area contributed by atoms with Crippen molar-refractivity contribution in [2.75, 3.05) is 31.7 Å². The summed E-state index contributed by atoms with van der Waals surface area (Å²) in [6.45, 7) is 4.00. The Morgan fingerprint density at radius 3 is 3.22 bits per heavy atom. The van der Waals surface area contributed by atoms with Crippen LogP contribution in [0.15, 0.2) is 12.3 Å². The number of aromatic nitrogens is 2. The van der Waals surface area contributed by atoms with Gasteiger partial charge in [0.2, 0.25) is 11.8 Å². The molecule has 100 valence electrons. The molecule has 1 aromatic heterocycles. The molecule has 1 aromatic rings. The Bertz CT molecular complexity index is 381. The van der Waals surface area contributed by atoms with Gasteiger partial charge in [-0.1, -0.05) is 6.92 Å². The topological polar surface area (TPSA) is 76.5 Å². The van der Waals surface area contributed by atoms with Gasteiger partial charge in [-0.2, -0.15) is 4.98 Å². The molecular formula is C12H19N3O3. The molecule has 1 unspecified atom stereocenters. The van der Waals surface area contributed by atoms with E-state index in [1.807, 2.05) is 6.92 Å². The minimum Gasteiger partial charge on any atom is -0.478 e. The summed E-state index contributed by atoms with van der Waals surface area (Å²) in [5, 5.41) is 13.1. The van der Waals surface area contributed by atoms with Crippen LogP contribution in [0, 0.1) is 0 Å². The van der Waals surface area contributed by atoms with Crippen LogP contribution in [0.4, 0.5) is 5.95 Å². The molecule has 0 radical (unpaired) electrons. The van der Waals surface area contributed by atoms with Crippen molar-refractivity contribution in [3.63, 3.8) is 0 Å². The molecule has 0 aromatic carbocycles. The zero-order valence-electron chi connectivity index (χ0n) is 10.6. The van der Waals surface area contributed by atoms with Gasteiger partial charge in [-0.25, -0.2) is 4.98 Å². The quantitative estimate of drug-likeness (QED) is 0.782. The number of anilines is 1. The third-order valence-corrected chi connectivity index (χ3v) is 2.74. The molecule has 0 bridgehead atoms. The number of ether oxygens (including phenoxy) is 2. The molecule has 1 aliphatic rings. The maximum Gasteiger partial charge on any atom is 0.226 e. The van der Waals surface area contributed by atoms with Gasteiger partial charge < -0.3 is 19.9 Å². The zero-order valence-corrected chi connectivity index (χ0v) is 10.6. The first kappa shape index (κ1) is 13.0. The van der Waals surface area contributed by atoms with Crippen LogP contribution in [-0.2, 0) is 4.74 Å². The largest absolute Gasteiger partial charge is 0.478 e. The van der Waals surface area contributed by atoms with Crippen LogP contribution in [-0.4, -0.2) is 47.0 Å². The van der Waals surface area contributed by atoms with E-state index in [9.17, 15) is 5.11 Å². The van der Waals surface area contributed by atoms with E-state index in [1.54, 1.807) is 12.3 Å². The normalized spacial score (nSPS) is 23.0. The van der Waals surface area contributed by atoms with Crippen molar-refractivity contribution >= 4 is 5.95 Å². The van der Waals surface area contributed by atoms with Gasteiger partial charge in [-0.15, -0.1) is 0 Å². The maximum absolute atomic E-state index is 10.1. The fourth-order valence-corrected chi connectivity index (χ4v) is 1.69. The molecule has 0 aliphatic carbocycles. The third kappa shape index (κ3) is 3.54. The van der Waals surface area contributed by atoms with Gasteiger partial charge in [-0.3, -0.25) is 0 Å². The lowest BCUT2D eigenvalue weighted by molar-refractivity contribution is 0.0380. The SMILES string of the molecule is CCCOc1ccnc(NCC2(O)CCOC2)n1. The molecule has 0 spiro atoms. The molecule has 0 amide bonds. The van der Waals surface area contributed by atoms with Crippen LogP contribution in [0.3, 0.4) is 0 Å². The maximum atomic E-state index is 10.1. The minimum atomic E-state index is -0.816. The highest BCUT2D eigenvalue weighted by atomic mass is 16.5. The van der Waals surface area contributed by atoms with E-state index in [1.165, 1.54) is 0 Å². The van der Waals surface area contributed by atoms with Gasteiger partial charge in [-0.05, 0) is 6.42 Å². The van der Waals surface area contributed by atoms with Gasteiger partial charge >= 0.3 is 0 Å². The van der Waals surface area contributed by atoms with Crippen LogP contribution in [0.1, 0.15) is 19.8 Å². The Balaban J connectivity index is 1.88. The highest BCUT2D eigenvalue weighted by Crippen LogP contribution is 2.18. The smallest absolute Gasteiger partial charge is 0.226 e. The molecule has 0 saturated carbocycles. The van der Waals surface area contributed by atoms with Crippen molar-refractivity contribution < 1.29 is 14.6 Å². The van der Waals surface area contributed by atoms with Crippen molar-refractivity contribution in [3.05, 3.63) is 12.3 Å². The van der Waals surface area contributed by atoms with Crippen molar-refractivity contribution in [1.82, 2.24) is 9.97 Å². The fraction of sp³-hybridized carbons (Fsp3) is 0.667. The van der Waals surface area contributed by atoms with Gasteiger partial charge in [0, 0.05) is 31.8 Å². The van der Waals surface area contributed by atoms with E-state index in [4.69, 9.17) is 9.47 Å². The molecule has 1 saturated heterocycles. The number of hydrogen-bond donors (Lipinski definition) is 2. The number of rotatable bonds is 6. The van der Waals surface area contributed by atoms with Gasteiger partial charge in [0.25, 0.3) is 0 Å². The Hall–Kier alpha value is -1.40. The van der Waals surface area contributed by atoms with Crippen LogP contribution in [0.5, 0.6) is 5.88 Å². The molecule has 6 nitrogen and oxygen atoms in total. The lowest BCUT2D eigenvalue weighted by atomic mass is 10.0. The lowest BCUT2D eigenvalue weighted by Crippen LogP contribution is -2.37. The number of nitrogens with one attached hydrogen (secondary N) is 1. The van der Waals surface area contributed by atoms with Crippen molar-refractivity contribution in [1.29, 1.82) is 0 Å². The second-order valence-corrected chi connectivity index (χ2v) is 4.45. The second-order valence-electron chi connectivity index (χ2n) is 4.45. The highest BCUT2D eigenvalue weighted by molar-refractivity contribution is 5.28. The van der Waals surface area contributed by atoms with Crippen LogP contribution >= 0.6 is 0 Å². The molecule has 6 heteroatoms. The number of hydrogen-bond acceptors (Lipinski definition) is 6. The summed E-state index contributed by atoms with van der Waals surface area (Å²) in [5.41, 5.74) is -0.816. The van der Waals surface area contributed by atoms with Crippen molar-refractivity contribution in [3.8, 4) is 5.88 Å². The first-order chi connectivity index (χ1) is 8.72. The zero-order chi connectivity index (χ0) is 12.8. The second kappa shape index (κ2) is 5.97. The Labute approximate surface area is 106 Å². The lowest BCUT2D eigenvalue weighted by Gasteiger charge is -2.20. The monoisotopic (exact) mass is 253 g/mol. The Morgan fingerprint density at radius 1 is 1.61 bits per heavy atom. The molecule has 2 heterocycles. The van der Waals surface area contributed by atoms with E-state index in [0.29, 0.717) is 44.6 Å². The van der Waals surface area contributed by atoms with Gasteiger partial charge in [0.05, 0.1) is 13.2 Å². The molecule has 1 atom stereocenters. The van der Waals surface area contributed by atoms with E-state index in [-0.39, 0.29) is 0 Å². The average Bonchev–Trinajstić information content (AvgIpc) is 2.82. The van der Waals surface area contributed by atoms with Crippen LogP contribution < -0.4 is 10.1 Å². The number of nitrogens with zero attached hydrogens (tertiary/aromatic N) is 2. The summed E-state index contributed by atoms with van der Waals surface area (Å²) in [6.07, 6.45) is 3.20. The summed E-state index contributed by atoms with van der Waals surface area (Å²) >= 11 is 0. The predicted octanol–water partition coefficient (Wildman–Crippen LogP) is 0.829. The summed E-state index contributed by atoms with van der Waals surface area (Å²) in [7, 11) is 0. The summed E-state index contributed by atoms with van der Waals surface area (Å²) in [5.74, 6) is 1.01. The number of aliphatic hydroxyl groups is 1. The molecule has 18 heavy (non-hydrogen) atoms. The molecular weight excluding hydrogens is 234 g/mol. The predicted molar refractivity (Wildman–Crippen MR) is 66.7 cm³/mol. The molecule has 1 aliphatic heterocycles. The van der Waals surface area contributed by atoms with Crippen molar-refractivity contribution in [2.45, 2.75) is 25.4 Å². The summed E-state index contributed by atoms with van der Waals surface area (Å²) in [4.78, 5) is 8.29. The molecule has 1 fully saturated rings. The van der Waals surface area contributed by atoms with E-state index >= 15 is 0 Å². The summed E-state index contributed by atoms with van der Waals surface area (Å²) in [6, 6.07) is 1.72. The Kier molecular flexibility index (Phi) is 4.33. The summed E-state index contributed by atoms with van der Waals surface area (Å²) < 4.78 is 10.6. The fourth-order valence-electron chi connectivity index (χ4n) is 1.69. The first-order valence-electron chi connectivity index (χ1n) is 6.22. The van der Waals surface area contributed by atoms with E-state index in [2.05, 4.69) is 15.3 Å². The third-order valence-electron chi connectivity index (χ3n) is 2.74. The van der Waals surface area contributed by atoms with E-state index < -0.39 is 5.60 Å². The highest BCUT2D eigenvalue weighted by Gasteiger charge is 2.32. The minimum absolute atomic E-state index is 0.353. The standard InChI is InChI=1S/C12H19N3O3/c1-2-6-18-10-3-5-13-11(15-10)14-8-12(16)4-7-17-9-12/h3,5,16H,2,4,6-9H2,1H3,(H,13,14,15). The van der Waals surface area contributed by atoms with Crippen LogP contribution in [0.25, 0.3) is 0 Å². The molecule has 2 rings (SSSR count). The van der Waals surface area contributed by atoms with Crippen LogP contribution in [0.2, 0.25) is 0 Å². The average molecular weight is 253 g/mol. The van der Waals surface area contributed by atoms with Gasteiger partial charge in [0.15, 0.2) is 0 Å². The Morgan fingerprint density at radius 2 is 2.50 bits per heavy atom. The van der Waals surface area contributed by atoms with Gasteiger partial charge in [0.1, 0.15) is 5.60 Å². The van der Waals surface area contributed by atoms with E-state index in [0.717, 1.165) is 6.42 Å². The van der Waals surface area contributed by atoms with Crippen molar-refractivity contribution in [2.24, 2.45) is 0 Å². The first-order valence-corrected chi connectivity index (χ1v) is 6.22. The molecule has 2 N–H and O–H groups in total.